The van der Waals surface area contributed by atoms with Gasteiger partial charge in [0.25, 0.3) is 0 Å². The van der Waals surface area contributed by atoms with Crippen molar-refractivity contribution in [3.63, 3.8) is 0 Å². The lowest BCUT2D eigenvalue weighted by Crippen LogP contribution is -2.48. The van der Waals surface area contributed by atoms with E-state index in [-0.39, 0.29) is 5.78 Å². The number of hydrogen-bond acceptors (Lipinski definition) is 4. The Balaban J connectivity index is 2.24. The van der Waals surface area contributed by atoms with E-state index in [1.165, 1.54) is 0 Å². The highest BCUT2D eigenvalue weighted by Gasteiger charge is 2.38. The van der Waals surface area contributed by atoms with Crippen LogP contribution < -0.4 is 5.73 Å². The van der Waals surface area contributed by atoms with Crippen LogP contribution >= 0.6 is 0 Å². The van der Waals surface area contributed by atoms with Crippen LogP contribution in [-0.4, -0.2) is 29.5 Å². The summed E-state index contributed by atoms with van der Waals surface area (Å²) in [5.41, 5.74) is 6.57. The summed E-state index contributed by atoms with van der Waals surface area (Å²) < 4.78 is 5.16. The van der Waals surface area contributed by atoms with Crippen molar-refractivity contribution in [2.75, 3.05) is 13.2 Å². The standard InChI is InChI=1S/C11H14N2O2/c1-8-2-3-9(6-13-8)10(14)11(12)4-5-15-7-11/h2-3,6H,4-5,7,12H2,1H3. The van der Waals surface area contributed by atoms with Gasteiger partial charge in [0.2, 0.25) is 0 Å². The molecule has 1 aliphatic heterocycles. The van der Waals surface area contributed by atoms with Crippen LogP contribution in [0.25, 0.3) is 0 Å². The van der Waals surface area contributed by atoms with Crippen molar-refractivity contribution in [1.29, 1.82) is 0 Å². The van der Waals surface area contributed by atoms with Crippen LogP contribution in [0.1, 0.15) is 22.5 Å². The number of aryl methyl sites for hydroxylation is 1. The number of carbonyl (C=O) groups is 1. The lowest BCUT2D eigenvalue weighted by molar-refractivity contribution is 0.0862. The first-order valence-electron chi connectivity index (χ1n) is 4.96. The second kappa shape index (κ2) is 3.72. The van der Waals surface area contributed by atoms with Crippen molar-refractivity contribution in [1.82, 2.24) is 4.98 Å². The quantitative estimate of drug-likeness (QED) is 0.723. The number of ketones is 1. The number of aromatic nitrogens is 1. The molecule has 1 atom stereocenters. The van der Waals surface area contributed by atoms with Gasteiger partial charge >= 0.3 is 0 Å². The van der Waals surface area contributed by atoms with Gasteiger partial charge in [-0.15, -0.1) is 0 Å². The largest absolute Gasteiger partial charge is 0.379 e. The second-order valence-electron chi connectivity index (χ2n) is 3.98. The summed E-state index contributed by atoms with van der Waals surface area (Å²) in [6, 6.07) is 3.57. The Labute approximate surface area is 88.4 Å². The van der Waals surface area contributed by atoms with Crippen molar-refractivity contribution in [3.8, 4) is 0 Å². The number of nitrogens with zero attached hydrogens (tertiary/aromatic N) is 1. The van der Waals surface area contributed by atoms with E-state index >= 15 is 0 Å². The predicted octanol–water partition coefficient (Wildman–Crippen LogP) is 0.691. The van der Waals surface area contributed by atoms with Crippen molar-refractivity contribution < 1.29 is 9.53 Å². The van der Waals surface area contributed by atoms with Crippen LogP contribution in [0, 0.1) is 6.92 Å². The normalized spacial score (nSPS) is 25.5. The van der Waals surface area contributed by atoms with Crippen LogP contribution in [0.3, 0.4) is 0 Å². The molecule has 4 heteroatoms. The van der Waals surface area contributed by atoms with E-state index < -0.39 is 5.54 Å². The number of nitrogens with two attached hydrogens (primary N) is 1. The minimum absolute atomic E-state index is 0.0764. The smallest absolute Gasteiger partial charge is 0.186 e. The Kier molecular flexibility index (Phi) is 2.54. The Morgan fingerprint density at radius 1 is 1.60 bits per heavy atom. The zero-order valence-corrected chi connectivity index (χ0v) is 8.69. The predicted molar refractivity (Wildman–Crippen MR) is 55.7 cm³/mol. The van der Waals surface area contributed by atoms with Gasteiger partial charge in [-0.25, -0.2) is 0 Å². The highest BCUT2D eigenvalue weighted by molar-refractivity contribution is 6.03. The molecule has 1 aliphatic rings. The molecule has 1 unspecified atom stereocenters. The van der Waals surface area contributed by atoms with E-state index in [2.05, 4.69) is 4.98 Å². The summed E-state index contributed by atoms with van der Waals surface area (Å²) in [6.45, 7) is 2.74. The summed E-state index contributed by atoms with van der Waals surface area (Å²) in [5, 5.41) is 0. The molecule has 0 aliphatic carbocycles. The molecule has 2 rings (SSSR count). The topological polar surface area (TPSA) is 65.2 Å². The fraction of sp³-hybridized carbons (Fsp3) is 0.455. The number of Topliss-reactive ketones (excluding diaryl/α,β-unsaturated/α-hetero) is 1. The van der Waals surface area contributed by atoms with Crippen LogP contribution in [0.4, 0.5) is 0 Å². The van der Waals surface area contributed by atoms with Crippen LogP contribution in [0.2, 0.25) is 0 Å². The third-order valence-corrected chi connectivity index (χ3v) is 2.68. The number of pyridine rings is 1. The van der Waals surface area contributed by atoms with Crippen LogP contribution in [0.15, 0.2) is 18.3 Å². The first kappa shape index (κ1) is 10.3. The molecular formula is C11H14N2O2. The Morgan fingerprint density at radius 3 is 2.93 bits per heavy atom. The van der Waals surface area contributed by atoms with Gasteiger partial charge in [0.1, 0.15) is 5.54 Å². The third-order valence-electron chi connectivity index (χ3n) is 2.68. The fourth-order valence-electron chi connectivity index (χ4n) is 1.65. The molecule has 2 heterocycles. The van der Waals surface area contributed by atoms with Gasteiger partial charge in [0, 0.05) is 24.1 Å². The summed E-state index contributed by atoms with van der Waals surface area (Å²) >= 11 is 0. The molecule has 1 fully saturated rings. The highest BCUT2D eigenvalue weighted by Crippen LogP contribution is 2.20. The molecule has 2 N–H and O–H groups in total. The lowest BCUT2D eigenvalue weighted by Gasteiger charge is -2.19. The van der Waals surface area contributed by atoms with Gasteiger partial charge in [0.05, 0.1) is 6.61 Å². The first-order valence-corrected chi connectivity index (χ1v) is 4.96. The van der Waals surface area contributed by atoms with Gasteiger partial charge in [-0.1, -0.05) is 0 Å². The minimum Gasteiger partial charge on any atom is -0.379 e. The van der Waals surface area contributed by atoms with Crippen LogP contribution in [0.5, 0.6) is 0 Å². The lowest BCUT2D eigenvalue weighted by atomic mass is 9.90. The molecule has 1 aromatic rings. The van der Waals surface area contributed by atoms with Gasteiger partial charge < -0.3 is 10.5 Å². The number of ether oxygens (including phenoxy) is 1. The molecule has 0 spiro atoms. The Bertz CT molecular complexity index is 367. The zero-order valence-electron chi connectivity index (χ0n) is 8.69. The van der Waals surface area contributed by atoms with Gasteiger partial charge in [-0.3, -0.25) is 9.78 Å². The van der Waals surface area contributed by atoms with E-state index in [1.54, 1.807) is 12.3 Å². The highest BCUT2D eigenvalue weighted by atomic mass is 16.5. The molecular weight excluding hydrogens is 192 g/mol. The molecule has 0 radical (unpaired) electrons. The maximum Gasteiger partial charge on any atom is 0.186 e. The monoisotopic (exact) mass is 206 g/mol. The zero-order chi connectivity index (χ0) is 10.9. The van der Waals surface area contributed by atoms with Gasteiger partial charge in [-0.2, -0.15) is 0 Å². The van der Waals surface area contributed by atoms with Crippen LogP contribution in [-0.2, 0) is 4.74 Å². The van der Waals surface area contributed by atoms with Crippen molar-refractivity contribution >= 4 is 5.78 Å². The number of carbonyl (C=O) groups excluding carboxylic acids is 1. The molecule has 0 bridgehead atoms. The molecule has 1 saturated heterocycles. The van der Waals surface area contributed by atoms with Gasteiger partial charge in [-0.05, 0) is 25.5 Å². The Morgan fingerprint density at radius 2 is 2.40 bits per heavy atom. The molecule has 15 heavy (non-hydrogen) atoms. The molecule has 0 aromatic carbocycles. The molecule has 0 saturated carbocycles. The first-order chi connectivity index (χ1) is 7.12. The third kappa shape index (κ3) is 1.91. The average Bonchev–Trinajstić information content (AvgIpc) is 2.67. The summed E-state index contributed by atoms with van der Waals surface area (Å²) in [6.07, 6.45) is 2.16. The van der Waals surface area contributed by atoms with Crippen molar-refractivity contribution in [3.05, 3.63) is 29.6 Å². The molecule has 0 amide bonds. The number of hydrogen-bond donors (Lipinski definition) is 1. The summed E-state index contributed by atoms with van der Waals surface area (Å²) in [5.74, 6) is -0.0764. The molecule has 80 valence electrons. The van der Waals surface area contributed by atoms with Crippen molar-refractivity contribution in [2.45, 2.75) is 18.9 Å². The van der Waals surface area contributed by atoms with E-state index in [1.807, 2.05) is 13.0 Å². The van der Waals surface area contributed by atoms with E-state index in [0.717, 1.165) is 5.69 Å². The molecule has 1 aromatic heterocycles. The van der Waals surface area contributed by atoms with Gasteiger partial charge in [0.15, 0.2) is 5.78 Å². The summed E-state index contributed by atoms with van der Waals surface area (Å²) in [7, 11) is 0. The summed E-state index contributed by atoms with van der Waals surface area (Å²) in [4.78, 5) is 16.1. The van der Waals surface area contributed by atoms with E-state index in [9.17, 15) is 4.79 Å². The van der Waals surface area contributed by atoms with E-state index in [4.69, 9.17) is 10.5 Å². The van der Waals surface area contributed by atoms with E-state index in [0.29, 0.717) is 25.2 Å². The van der Waals surface area contributed by atoms with Crippen molar-refractivity contribution in [2.24, 2.45) is 5.73 Å². The maximum atomic E-state index is 12.0. The average molecular weight is 206 g/mol. The fourth-order valence-corrected chi connectivity index (χ4v) is 1.65. The molecule has 4 nitrogen and oxygen atoms in total. The SMILES string of the molecule is Cc1ccc(C(=O)C2(N)CCOC2)cn1. The number of rotatable bonds is 2. The maximum absolute atomic E-state index is 12.0. The second-order valence-corrected chi connectivity index (χ2v) is 3.98. The Hall–Kier alpha value is -1.26. The minimum atomic E-state index is -0.850.